The van der Waals surface area contributed by atoms with Gasteiger partial charge in [-0.25, -0.2) is 0 Å². The predicted octanol–water partition coefficient (Wildman–Crippen LogP) is 3.44. The molecule has 2 aliphatic heterocycles. The Kier molecular flexibility index (Phi) is 10.8. The summed E-state index contributed by atoms with van der Waals surface area (Å²) in [6.45, 7) is 7.62. The number of amides is 4. The molecule has 2 atom stereocenters. The van der Waals surface area contributed by atoms with E-state index in [0.717, 1.165) is 38.0 Å². The number of ether oxygens (including phenoxy) is 1. The zero-order valence-corrected chi connectivity index (χ0v) is 26.5. The highest BCUT2D eigenvalue weighted by Gasteiger charge is 2.43. The van der Waals surface area contributed by atoms with Crippen LogP contribution in [0.2, 0.25) is 0 Å². The molecule has 1 aliphatic carbocycles. The van der Waals surface area contributed by atoms with E-state index in [0.29, 0.717) is 25.1 Å². The molecule has 2 heterocycles. The Morgan fingerprint density at radius 1 is 0.956 bits per heavy atom. The first kappa shape index (κ1) is 32.5. The number of carbonyl (C=O) groups excluding carboxylic acids is 4. The van der Waals surface area contributed by atoms with Crippen molar-refractivity contribution in [3.8, 4) is 5.75 Å². The van der Waals surface area contributed by atoms with Crippen LogP contribution in [0.4, 0.5) is 0 Å². The van der Waals surface area contributed by atoms with E-state index < -0.39 is 17.5 Å². The summed E-state index contributed by atoms with van der Waals surface area (Å²) in [5.74, 6) is -0.969. The molecule has 2 aromatic carbocycles. The molecule has 45 heavy (non-hydrogen) atoms. The molecule has 0 bridgehead atoms. The lowest BCUT2D eigenvalue weighted by atomic mass is 9.94. The van der Waals surface area contributed by atoms with Gasteiger partial charge in [-0.2, -0.15) is 0 Å². The number of fused-ring (bicyclic) bond motifs is 1. The fraction of sp³-hybridized carbons (Fsp3) is 0.543. The Bertz CT molecular complexity index is 1350. The van der Waals surface area contributed by atoms with Crippen LogP contribution in [0, 0.1) is 5.92 Å². The number of carbonyl (C=O) groups is 4. The summed E-state index contributed by atoms with van der Waals surface area (Å²) in [4.78, 5) is 56.3. The maximum Gasteiger partial charge on any atom is 0.255 e. The van der Waals surface area contributed by atoms with Gasteiger partial charge in [0.2, 0.25) is 17.7 Å². The van der Waals surface area contributed by atoms with Gasteiger partial charge in [0.25, 0.3) is 5.91 Å². The van der Waals surface area contributed by atoms with Gasteiger partial charge in [0.15, 0.2) is 0 Å². The highest BCUT2D eigenvalue weighted by molar-refractivity contribution is 6.00. The number of rotatable bonds is 6. The minimum Gasteiger partial charge on any atom is -0.491 e. The van der Waals surface area contributed by atoms with E-state index in [-0.39, 0.29) is 54.7 Å². The van der Waals surface area contributed by atoms with Crippen molar-refractivity contribution in [2.24, 2.45) is 5.92 Å². The Morgan fingerprint density at radius 3 is 2.36 bits per heavy atom. The molecular formula is C35H47N5O5. The molecule has 242 valence electrons. The van der Waals surface area contributed by atoms with Crippen LogP contribution in [-0.2, 0) is 27.5 Å². The number of nitrogens with one attached hydrogen (secondary N) is 4. The van der Waals surface area contributed by atoms with Crippen LogP contribution in [0.3, 0.4) is 0 Å². The van der Waals surface area contributed by atoms with E-state index in [1.807, 2.05) is 26.0 Å². The van der Waals surface area contributed by atoms with Crippen molar-refractivity contribution in [2.45, 2.75) is 95.9 Å². The summed E-state index contributed by atoms with van der Waals surface area (Å²) in [6.07, 6.45) is 5.33. The van der Waals surface area contributed by atoms with Gasteiger partial charge < -0.3 is 26.0 Å². The smallest absolute Gasteiger partial charge is 0.255 e. The lowest BCUT2D eigenvalue weighted by molar-refractivity contribution is -0.134. The van der Waals surface area contributed by atoms with Crippen LogP contribution >= 0.6 is 0 Å². The number of hydrogen-bond acceptors (Lipinski definition) is 6. The minimum atomic E-state index is -0.996. The van der Waals surface area contributed by atoms with Gasteiger partial charge in [0, 0.05) is 19.5 Å². The molecule has 1 saturated carbocycles. The minimum absolute atomic E-state index is 0.0235. The van der Waals surface area contributed by atoms with E-state index in [2.05, 4.69) is 38.3 Å². The summed E-state index contributed by atoms with van der Waals surface area (Å²) in [5, 5.41) is 11.9. The third kappa shape index (κ3) is 8.42. The fourth-order valence-corrected chi connectivity index (χ4v) is 6.44. The zero-order chi connectivity index (χ0) is 31.8. The van der Waals surface area contributed by atoms with Crippen molar-refractivity contribution < 1.29 is 23.9 Å². The van der Waals surface area contributed by atoms with Gasteiger partial charge in [0.1, 0.15) is 23.9 Å². The van der Waals surface area contributed by atoms with Gasteiger partial charge in [0.05, 0.1) is 11.6 Å². The monoisotopic (exact) mass is 617 g/mol. The Morgan fingerprint density at radius 2 is 1.64 bits per heavy atom. The summed E-state index contributed by atoms with van der Waals surface area (Å²) in [6, 6.07) is 13.8. The fourth-order valence-electron chi connectivity index (χ4n) is 6.44. The molecule has 2 fully saturated rings. The van der Waals surface area contributed by atoms with E-state index in [1.165, 1.54) is 18.4 Å². The first-order valence-electron chi connectivity index (χ1n) is 16.4. The SMILES string of the molecule is CC(C)[C@@H]1COc2ccccc2C(=O)N[C@H](C(=O)NCc2ccc(CN3CCCC3)cc2)CCC(=O)NC2(CCCC2)C(=O)N1. The summed E-state index contributed by atoms with van der Waals surface area (Å²) in [7, 11) is 0. The molecule has 0 aromatic heterocycles. The van der Waals surface area contributed by atoms with Crippen molar-refractivity contribution in [3.63, 3.8) is 0 Å². The standard InChI is InChI=1S/C35H47N5O5/c1-24(2)29-23-45-30-10-4-3-9-27(30)32(42)37-28(15-16-31(41)39-35(34(44)38-29)17-5-6-18-35)33(43)36-21-25-11-13-26(14-12-25)22-40-19-7-8-20-40/h3-4,9-14,24,28-29H,5-8,15-23H2,1-2H3,(H,36,43)(H,37,42)(H,38,44)(H,39,41)/t28-,29-/m0/s1. The molecule has 10 nitrogen and oxygen atoms in total. The van der Waals surface area contributed by atoms with Gasteiger partial charge in [-0.05, 0) is 74.4 Å². The molecule has 5 rings (SSSR count). The Labute approximate surface area is 266 Å². The van der Waals surface area contributed by atoms with Crippen LogP contribution in [0.25, 0.3) is 0 Å². The van der Waals surface area contributed by atoms with E-state index in [4.69, 9.17) is 4.74 Å². The molecule has 0 unspecified atom stereocenters. The molecule has 1 saturated heterocycles. The largest absolute Gasteiger partial charge is 0.491 e. The summed E-state index contributed by atoms with van der Waals surface area (Å²) < 4.78 is 6.11. The maximum absolute atomic E-state index is 13.6. The van der Waals surface area contributed by atoms with Gasteiger partial charge in [-0.15, -0.1) is 0 Å². The second-order valence-corrected chi connectivity index (χ2v) is 13.1. The molecule has 4 N–H and O–H groups in total. The van der Waals surface area contributed by atoms with Gasteiger partial charge >= 0.3 is 0 Å². The molecular weight excluding hydrogens is 570 g/mol. The predicted molar refractivity (Wildman–Crippen MR) is 171 cm³/mol. The zero-order valence-electron chi connectivity index (χ0n) is 26.5. The van der Waals surface area contributed by atoms with Crippen LogP contribution in [0.5, 0.6) is 5.75 Å². The number of nitrogens with zero attached hydrogens (tertiary/aromatic N) is 1. The summed E-state index contributed by atoms with van der Waals surface area (Å²) >= 11 is 0. The second kappa shape index (κ2) is 14.9. The molecule has 2 aromatic rings. The molecule has 10 heteroatoms. The number of likely N-dealkylation sites (tertiary alicyclic amines) is 1. The van der Waals surface area contributed by atoms with Crippen LogP contribution in [-0.4, -0.2) is 65.8 Å². The molecule has 0 radical (unpaired) electrons. The van der Waals surface area contributed by atoms with Crippen molar-refractivity contribution in [2.75, 3.05) is 19.7 Å². The summed E-state index contributed by atoms with van der Waals surface area (Å²) in [5.41, 5.74) is 1.47. The van der Waals surface area contributed by atoms with Crippen molar-refractivity contribution in [3.05, 3.63) is 65.2 Å². The number of para-hydroxylation sites is 1. The number of benzene rings is 2. The number of hydrogen-bond donors (Lipinski definition) is 4. The van der Waals surface area contributed by atoms with Crippen molar-refractivity contribution in [1.82, 2.24) is 26.2 Å². The van der Waals surface area contributed by atoms with E-state index in [9.17, 15) is 19.2 Å². The quantitative estimate of drug-likeness (QED) is 0.393. The molecule has 4 amide bonds. The van der Waals surface area contributed by atoms with Crippen molar-refractivity contribution >= 4 is 23.6 Å². The van der Waals surface area contributed by atoms with Gasteiger partial charge in [-0.3, -0.25) is 24.1 Å². The lowest BCUT2D eigenvalue weighted by Gasteiger charge is -2.32. The highest BCUT2D eigenvalue weighted by atomic mass is 16.5. The van der Waals surface area contributed by atoms with Gasteiger partial charge in [-0.1, -0.05) is 63.1 Å². The van der Waals surface area contributed by atoms with Crippen LogP contribution in [0.1, 0.15) is 86.7 Å². The highest BCUT2D eigenvalue weighted by Crippen LogP contribution is 2.31. The first-order valence-corrected chi connectivity index (χ1v) is 16.4. The maximum atomic E-state index is 13.6. The topological polar surface area (TPSA) is 129 Å². The average molecular weight is 618 g/mol. The third-order valence-electron chi connectivity index (χ3n) is 9.32. The molecule has 1 spiro atoms. The van der Waals surface area contributed by atoms with E-state index in [1.54, 1.807) is 24.3 Å². The molecule has 3 aliphatic rings. The first-order chi connectivity index (χ1) is 21.7. The third-order valence-corrected chi connectivity index (χ3v) is 9.32. The van der Waals surface area contributed by atoms with E-state index >= 15 is 0 Å². The normalized spacial score (nSPS) is 22.9. The van der Waals surface area contributed by atoms with Crippen LogP contribution < -0.4 is 26.0 Å². The Balaban J connectivity index is 1.32. The second-order valence-electron chi connectivity index (χ2n) is 13.1. The average Bonchev–Trinajstić information content (AvgIpc) is 3.73. The Hall–Kier alpha value is -3.92. The van der Waals surface area contributed by atoms with Crippen LogP contribution in [0.15, 0.2) is 48.5 Å². The lowest BCUT2D eigenvalue weighted by Crippen LogP contribution is -2.60. The van der Waals surface area contributed by atoms with Crippen molar-refractivity contribution in [1.29, 1.82) is 0 Å².